The second-order valence-corrected chi connectivity index (χ2v) is 10.2. The quantitative estimate of drug-likeness (QED) is 0.486. The summed E-state index contributed by atoms with van der Waals surface area (Å²) in [7, 11) is -0.168. The van der Waals surface area contributed by atoms with E-state index in [1.807, 2.05) is 12.1 Å². The molecule has 0 saturated carbocycles. The lowest BCUT2D eigenvalue weighted by Crippen LogP contribution is -2.27. The number of ketones is 1. The number of aromatic nitrogens is 1. The average molecular weight is 439 g/mol. The van der Waals surface area contributed by atoms with Gasteiger partial charge in [0.1, 0.15) is 0 Å². The van der Waals surface area contributed by atoms with Crippen molar-refractivity contribution in [3.05, 3.63) is 57.9 Å². The highest BCUT2D eigenvalue weighted by molar-refractivity contribution is 7.91. The van der Waals surface area contributed by atoms with Crippen LogP contribution in [0.5, 0.6) is 11.5 Å². The number of carbonyl (C=O) groups excluding carboxylic acids is 1. The van der Waals surface area contributed by atoms with E-state index in [1.54, 1.807) is 28.8 Å². The average Bonchev–Trinajstić information content (AvgIpc) is 3.26. The topological polar surface area (TPSA) is 91.7 Å². The number of rotatable bonds is 4. The number of benzene rings is 2. The fourth-order valence-electron chi connectivity index (χ4n) is 4.83. The Hall–Kier alpha value is -3.13. The Morgan fingerprint density at radius 2 is 1.77 bits per heavy atom. The first-order valence-electron chi connectivity index (χ1n) is 10.0. The number of pyridine rings is 1. The van der Waals surface area contributed by atoms with Gasteiger partial charge in [-0.2, -0.15) is 0 Å². The Morgan fingerprint density at radius 1 is 1.03 bits per heavy atom. The SMILES string of the molecule is COc1ccc2c3c(n(C[C@@H]4CCS(=O)(=O)C4)c(=O)c2c1OC)-c1ccccc1C3=O. The van der Waals surface area contributed by atoms with Gasteiger partial charge in [-0.25, -0.2) is 8.42 Å². The number of nitrogens with zero attached hydrogens (tertiary/aromatic N) is 1. The van der Waals surface area contributed by atoms with Gasteiger partial charge in [0, 0.05) is 23.1 Å². The Balaban J connectivity index is 1.86. The van der Waals surface area contributed by atoms with Crippen LogP contribution in [0.25, 0.3) is 22.0 Å². The first-order valence-corrected chi connectivity index (χ1v) is 11.8. The lowest BCUT2D eigenvalue weighted by molar-refractivity contribution is 0.104. The standard InChI is InChI=1S/C23H21NO6S/c1-29-17-8-7-16-18-20(14-5-3-4-6-15(14)21(18)25)24(23(26)19(16)22(17)30-2)11-13-9-10-31(27,28)12-13/h3-8,13H,9-12H2,1-2H3/t13-/m0/s1. The van der Waals surface area contributed by atoms with Crippen LogP contribution in [-0.2, 0) is 16.4 Å². The number of hydrogen-bond acceptors (Lipinski definition) is 6. The second-order valence-electron chi connectivity index (χ2n) is 8.01. The molecule has 0 unspecified atom stereocenters. The minimum Gasteiger partial charge on any atom is -0.493 e. The zero-order valence-electron chi connectivity index (χ0n) is 17.2. The summed E-state index contributed by atoms with van der Waals surface area (Å²) in [5.74, 6) is 0.472. The zero-order valence-corrected chi connectivity index (χ0v) is 18.0. The Morgan fingerprint density at radius 3 is 2.42 bits per heavy atom. The molecule has 8 heteroatoms. The predicted molar refractivity (Wildman–Crippen MR) is 117 cm³/mol. The van der Waals surface area contributed by atoms with Gasteiger partial charge in [-0.05, 0) is 24.5 Å². The Bertz CT molecular complexity index is 1420. The Kier molecular flexibility index (Phi) is 4.44. The maximum atomic E-state index is 13.8. The molecule has 1 aliphatic carbocycles. The molecule has 1 aliphatic heterocycles. The zero-order chi connectivity index (χ0) is 21.9. The number of ether oxygens (including phenoxy) is 2. The van der Waals surface area contributed by atoms with Crippen LogP contribution >= 0.6 is 0 Å². The van der Waals surface area contributed by atoms with Gasteiger partial charge in [0.15, 0.2) is 27.1 Å². The minimum absolute atomic E-state index is 0.0388. The summed E-state index contributed by atoms with van der Waals surface area (Å²) < 4.78 is 36.5. The molecule has 2 heterocycles. The molecule has 0 bridgehead atoms. The molecule has 3 aromatic rings. The molecular formula is C23H21NO6S. The van der Waals surface area contributed by atoms with Gasteiger partial charge < -0.3 is 14.0 Å². The van der Waals surface area contributed by atoms with Gasteiger partial charge in [0.2, 0.25) is 0 Å². The fourth-order valence-corrected chi connectivity index (χ4v) is 6.68. The van der Waals surface area contributed by atoms with Crippen LogP contribution in [0.4, 0.5) is 0 Å². The smallest absolute Gasteiger partial charge is 0.262 e. The largest absolute Gasteiger partial charge is 0.493 e. The van der Waals surface area contributed by atoms with E-state index in [4.69, 9.17) is 9.47 Å². The van der Waals surface area contributed by atoms with Gasteiger partial charge in [0.05, 0.1) is 42.4 Å². The molecule has 0 radical (unpaired) electrons. The van der Waals surface area contributed by atoms with Crippen molar-refractivity contribution in [3.8, 4) is 22.8 Å². The van der Waals surface area contributed by atoms with Crippen molar-refractivity contribution in [1.82, 2.24) is 4.57 Å². The molecule has 1 atom stereocenters. The molecule has 0 amide bonds. The molecule has 1 fully saturated rings. The first-order chi connectivity index (χ1) is 14.9. The van der Waals surface area contributed by atoms with Crippen LogP contribution in [0.2, 0.25) is 0 Å². The number of hydrogen-bond donors (Lipinski definition) is 0. The molecule has 5 rings (SSSR count). The third-order valence-electron chi connectivity index (χ3n) is 6.20. The van der Waals surface area contributed by atoms with Crippen molar-refractivity contribution >= 4 is 26.4 Å². The summed E-state index contributed by atoms with van der Waals surface area (Å²) in [5.41, 5.74) is 1.90. The highest BCUT2D eigenvalue weighted by Crippen LogP contribution is 2.43. The van der Waals surface area contributed by atoms with Gasteiger partial charge >= 0.3 is 0 Å². The van der Waals surface area contributed by atoms with Crippen LogP contribution in [0.1, 0.15) is 22.3 Å². The van der Waals surface area contributed by atoms with E-state index in [9.17, 15) is 18.0 Å². The molecule has 31 heavy (non-hydrogen) atoms. The van der Waals surface area contributed by atoms with Crippen LogP contribution in [0.3, 0.4) is 0 Å². The maximum absolute atomic E-state index is 13.8. The molecule has 7 nitrogen and oxygen atoms in total. The van der Waals surface area contributed by atoms with Gasteiger partial charge in [0.25, 0.3) is 5.56 Å². The monoisotopic (exact) mass is 439 g/mol. The van der Waals surface area contributed by atoms with E-state index in [0.29, 0.717) is 39.9 Å². The molecule has 2 aromatic carbocycles. The molecule has 0 N–H and O–H groups in total. The van der Waals surface area contributed by atoms with E-state index in [0.717, 1.165) is 0 Å². The third kappa shape index (κ3) is 2.89. The third-order valence-corrected chi connectivity index (χ3v) is 8.04. The fraction of sp³-hybridized carbons (Fsp3) is 0.304. The second kappa shape index (κ2) is 6.95. The molecule has 0 spiro atoms. The van der Waals surface area contributed by atoms with E-state index in [1.165, 1.54) is 14.2 Å². The minimum atomic E-state index is -3.11. The number of sulfone groups is 1. The molecule has 1 aromatic heterocycles. The van der Waals surface area contributed by atoms with Crippen LogP contribution < -0.4 is 15.0 Å². The molecule has 2 aliphatic rings. The summed E-state index contributed by atoms with van der Waals surface area (Å²) in [6.07, 6.45) is 0.492. The van der Waals surface area contributed by atoms with E-state index >= 15 is 0 Å². The summed E-state index contributed by atoms with van der Waals surface area (Å²) in [4.78, 5) is 27.1. The summed E-state index contributed by atoms with van der Waals surface area (Å²) in [6.45, 7) is 0.221. The summed E-state index contributed by atoms with van der Waals surface area (Å²) >= 11 is 0. The highest BCUT2D eigenvalue weighted by atomic mass is 32.2. The van der Waals surface area contributed by atoms with E-state index < -0.39 is 9.84 Å². The molecule has 160 valence electrons. The van der Waals surface area contributed by atoms with Crippen molar-refractivity contribution < 1.29 is 22.7 Å². The van der Waals surface area contributed by atoms with E-state index in [-0.39, 0.29) is 46.4 Å². The maximum Gasteiger partial charge on any atom is 0.262 e. The van der Waals surface area contributed by atoms with Crippen LogP contribution in [0, 0.1) is 5.92 Å². The van der Waals surface area contributed by atoms with Gasteiger partial charge in [-0.1, -0.05) is 24.3 Å². The van der Waals surface area contributed by atoms with Crippen molar-refractivity contribution in [2.75, 3.05) is 25.7 Å². The number of fused-ring (bicyclic) bond motifs is 5. The van der Waals surface area contributed by atoms with Gasteiger partial charge in [-0.15, -0.1) is 0 Å². The van der Waals surface area contributed by atoms with Gasteiger partial charge in [-0.3, -0.25) is 9.59 Å². The van der Waals surface area contributed by atoms with Crippen molar-refractivity contribution in [1.29, 1.82) is 0 Å². The number of methoxy groups -OCH3 is 2. The van der Waals surface area contributed by atoms with Crippen LogP contribution in [0.15, 0.2) is 41.2 Å². The van der Waals surface area contributed by atoms with E-state index in [2.05, 4.69) is 0 Å². The van der Waals surface area contributed by atoms with Crippen molar-refractivity contribution in [2.24, 2.45) is 5.92 Å². The highest BCUT2D eigenvalue weighted by Gasteiger charge is 2.36. The Labute approximate surface area is 179 Å². The first kappa shape index (κ1) is 19.8. The normalized spacial score (nSPS) is 18.8. The van der Waals surface area contributed by atoms with Crippen molar-refractivity contribution in [3.63, 3.8) is 0 Å². The summed E-state index contributed by atoms with van der Waals surface area (Å²) in [5, 5.41) is 0.775. The predicted octanol–water partition coefficient (Wildman–Crippen LogP) is 2.66. The van der Waals surface area contributed by atoms with Crippen molar-refractivity contribution in [2.45, 2.75) is 13.0 Å². The lowest BCUT2D eigenvalue weighted by atomic mass is 10.0. The van der Waals surface area contributed by atoms with Crippen LogP contribution in [-0.4, -0.2) is 44.5 Å². The molecule has 1 saturated heterocycles. The summed E-state index contributed by atoms with van der Waals surface area (Å²) in [6, 6.07) is 10.6. The lowest BCUT2D eigenvalue weighted by Gasteiger charge is -2.19. The molecular weight excluding hydrogens is 418 g/mol. The number of carbonyl (C=O) groups is 1.